The molecule has 0 radical (unpaired) electrons. The lowest BCUT2D eigenvalue weighted by Gasteiger charge is -2.09. The van der Waals surface area contributed by atoms with Gasteiger partial charge >= 0.3 is 0 Å². The van der Waals surface area contributed by atoms with Crippen LogP contribution < -0.4 is 0 Å². The molecule has 0 aliphatic heterocycles. The average molecular weight is 313 g/mol. The Labute approximate surface area is 140 Å². The van der Waals surface area contributed by atoms with E-state index in [2.05, 4.69) is 61.5 Å². The van der Waals surface area contributed by atoms with Crippen LogP contribution in [0.15, 0.2) is 59.5 Å². The largest absolute Gasteiger partial charge is 0.126 e. The van der Waals surface area contributed by atoms with E-state index in [9.17, 15) is 0 Å². The van der Waals surface area contributed by atoms with E-state index in [1.165, 1.54) is 66.7 Å². The Bertz CT molecular complexity index is 518. The molecule has 0 fully saturated rings. The Hall–Kier alpha value is -1.21. The van der Waals surface area contributed by atoms with E-state index < -0.39 is 0 Å². The first-order valence-corrected chi connectivity index (χ1v) is 9.67. The minimum Gasteiger partial charge on any atom is -0.126 e. The Balaban J connectivity index is 1.77. The van der Waals surface area contributed by atoms with Crippen molar-refractivity contribution >= 4 is 11.8 Å². The van der Waals surface area contributed by atoms with Gasteiger partial charge in [0, 0.05) is 4.90 Å². The van der Waals surface area contributed by atoms with Gasteiger partial charge in [0.05, 0.1) is 0 Å². The topological polar surface area (TPSA) is 0 Å². The molecule has 1 heteroatoms. The number of hydrogen-bond donors (Lipinski definition) is 0. The van der Waals surface area contributed by atoms with Crippen LogP contribution in [0.5, 0.6) is 0 Å². The summed E-state index contributed by atoms with van der Waals surface area (Å²) in [5.74, 6) is 1.23. The van der Waals surface area contributed by atoms with E-state index >= 15 is 0 Å². The molecule has 22 heavy (non-hydrogen) atoms. The SMILES string of the molecule is CCCCCCCCCSc1ccccc1-c1ccccc1. The Morgan fingerprint density at radius 2 is 1.32 bits per heavy atom. The van der Waals surface area contributed by atoms with Crippen molar-refractivity contribution in [1.29, 1.82) is 0 Å². The van der Waals surface area contributed by atoms with Crippen LogP contribution in [-0.2, 0) is 0 Å². The first-order valence-electron chi connectivity index (χ1n) is 8.69. The Morgan fingerprint density at radius 3 is 2.09 bits per heavy atom. The predicted octanol–water partition coefficient (Wildman–Crippen LogP) is 7.20. The summed E-state index contributed by atoms with van der Waals surface area (Å²) in [6, 6.07) is 19.5. The zero-order chi connectivity index (χ0) is 15.5. The van der Waals surface area contributed by atoms with Gasteiger partial charge in [0.1, 0.15) is 0 Å². The minimum absolute atomic E-state index is 1.23. The zero-order valence-corrected chi connectivity index (χ0v) is 14.6. The van der Waals surface area contributed by atoms with Crippen molar-refractivity contribution in [3.8, 4) is 11.1 Å². The van der Waals surface area contributed by atoms with Gasteiger partial charge in [-0.1, -0.05) is 94.0 Å². The van der Waals surface area contributed by atoms with Crippen molar-refractivity contribution in [2.24, 2.45) is 0 Å². The van der Waals surface area contributed by atoms with Crippen LogP contribution in [0, 0.1) is 0 Å². The van der Waals surface area contributed by atoms with Crippen LogP contribution in [0.4, 0.5) is 0 Å². The van der Waals surface area contributed by atoms with Crippen LogP contribution in [0.25, 0.3) is 11.1 Å². The fourth-order valence-corrected chi connectivity index (χ4v) is 3.77. The fourth-order valence-electron chi connectivity index (χ4n) is 2.69. The highest BCUT2D eigenvalue weighted by molar-refractivity contribution is 7.99. The molecule has 0 amide bonds. The molecule has 0 aliphatic rings. The van der Waals surface area contributed by atoms with E-state index in [0.29, 0.717) is 0 Å². The van der Waals surface area contributed by atoms with Crippen LogP contribution in [-0.4, -0.2) is 5.75 Å². The second-order valence-electron chi connectivity index (χ2n) is 5.83. The molecule has 0 bridgehead atoms. The van der Waals surface area contributed by atoms with Gasteiger partial charge in [-0.05, 0) is 29.4 Å². The minimum atomic E-state index is 1.23. The smallest absolute Gasteiger partial charge is 0.0150 e. The van der Waals surface area contributed by atoms with Crippen LogP contribution in [0.2, 0.25) is 0 Å². The molecule has 0 aliphatic carbocycles. The summed E-state index contributed by atoms with van der Waals surface area (Å²) in [6.07, 6.45) is 9.69. The number of benzene rings is 2. The first kappa shape index (κ1) is 17.1. The third-order valence-electron chi connectivity index (χ3n) is 3.98. The molecule has 2 rings (SSSR count). The van der Waals surface area contributed by atoms with Crippen molar-refractivity contribution < 1.29 is 0 Å². The average Bonchev–Trinajstić information content (AvgIpc) is 2.58. The molecule has 0 N–H and O–H groups in total. The molecule has 0 atom stereocenters. The summed E-state index contributed by atoms with van der Waals surface area (Å²) >= 11 is 2.01. The summed E-state index contributed by atoms with van der Waals surface area (Å²) in [5, 5.41) is 0. The summed E-state index contributed by atoms with van der Waals surface area (Å²) in [5.41, 5.74) is 2.70. The molecule has 0 nitrogen and oxygen atoms in total. The zero-order valence-electron chi connectivity index (χ0n) is 13.8. The van der Waals surface area contributed by atoms with Gasteiger partial charge < -0.3 is 0 Å². The highest BCUT2D eigenvalue weighted by Gasteiger charge is 2.04. The second kappa shape index (κ2) is 10.5. The van der Waals surface area contributed by atoms with Crippen LogP contribution in [0.3, 0.4) is 0 Å². The first-order chi connectivity index (χ1) is 10.9. The second-order valence-corrected chi connectivity index (χ2v) is 6.97. The van der Waals surface area contributed by atoms with Crippen molar-refractivity contribution in [3.63, 3.8) is 0 Å². The van der Waals surface area contributed by atoms with Crippen molar-refractivity contribution in [2.75, 3.05) is 5.75 Å². The summed E-state index contributed by atoms with van der Waals surface area (Å²) in [7, 11) is 0. The lowest BCUT2D eigenvalue weighted by molar-refractivity contribution is 0.603. The van der Waals surface area contributed by atoms with E-state index in [-0.39, 0.29) is 0 Å². The van der Waals surface area contributed by atoms with Crippen LogP contribution >= 0.6 is 11.8 Å². The molecule has 118 valence electrons. The number of rotatable bonds is 10. The van der Waals surface area contributed by atoms with Crippen LogP contribution in [0.1, 0.15) is 51.9 Å². The quantitative estimate of drug-likeness (QED) is 0.330. The lowest BCUT2D eigenvalue weighted by atomic mass is 10.1. The molecular formula is C21H28S. The predicted molar refractivity (Wildman–Crippen MR) is 101 cm³/mol. The fraction of sp³-hybridized carbons (Fsp3) is 0.429. The molecule has 0 aromatic heterocycles. The summed E-state index contributed by atoms with van der Waals surface area (Å²) in [4.78, 5) is 1.42. The Kier molecular flexibility index (Phi) is 8.19. The van der Waals surface area contributed by atoms with Crippen molar-refractivity contribution in [1.82, 2.24) is 0 Å². The van der Waals surface area contributed by atoms with Gasteiger partial charge in [-0.15, -0.1) is 11.8 Å². The molecule has 0 saturated carbocycles. The third kappa shape index (κ3) is 5.88. The molecule has 0 saturated heterocycles. The maximum absolute atomic E-state index is 2.28. The summed E-state index contributed by atoms with van der Waals surface area (Å²) in [6.45, 7) is 2.28. The van der Waals surface area contributed by atoms with E-state index in [4.69, 9.17) is 0 Å². The van der Waals surface area contributed by atoms with E-state index in [1.807, 2.05) is 11.8 Å². The maximum Gasteiger partial charge on any atom is 0.0150 e. The highest BCUT2D eigenvalue weighted by Crippen LogP contribution is 2.31. The van der Waals surface area contributed by atoms with Gasteiger partial charge in [0.25, 0.3) is 0 Å². The molecule has 2 aromatic carbocycles. The maximum atomic E-state index is 2.28. The third-order valence-corrected chi connectivity index (χ3v) is 5.14. The summed E-state index contributed by atoms with van der Waals surface area (Å²) < 4.78 is 0. The molecule has 2 aromatic rings. The van der Waals surface area contributed by atoms with E-state index in [0.717, 1.165) is 0 Å². The van der Waals surface area contributed by atoms with E-state index in [1.54, 1.807) is 0 Å². The lowest BCUT2D eigenvalue weighted by Crippen LogP contribution is -1.86. The highest BCUT2D eigenvalue weighted by atomic mass is 32.2. The number of unbranched alkanes of at least 4 members (excludes halogenated alkanes) is 6. The molecule has 0 heterocycles. The molecular weight excluding hydrogens is 284 g/mol. The monoisotopic (exact) mass is 312 g/mol. The van der Waals surface area contributed by atoms with Gasteiger partial charge in [0.15, 0.2) is 0 Å². The standard InChI is InChI=1S/C21H28S/c1-2-3-4-5-6-7-13-18-22-21-17-12-11-16-20(21)19-14-9-8-10-15-19/h8-12,14-17H,2-7,13,18H2,1H3. The molecule has 0 unspecified atom stereocenters. The molecule has 0 spiro atoms. The van der Waals surface area contributed by atoms with Gasteiger partial charge in [0.2, 0.25) is 0 Å². The number of thioether (sulfide) groups is 1. The Morgan fingerprint density at radius 1 is 0.682 bits per heavy atom. The normalized spacial score (nSPS) is 10.8. The van der Waals surface area contributed by atoms with Crippen molar-refractivity contribution in [3.05, 3.63) is 54.6 Å². The van der Waals surface area contributed by atoms with Gasteiger partial charge in [-0.2, -0.15) is 0 Å². The van der Waals surface area contributed by atoms with Crippen molar-refractivity contribution in [2.45, 2.75) is 56.8 Å². The number of hydrogen-bond acceptors (Lipinski definition) is 1. The van der Waals surface area contributed by atoms with Gasteiger partial charge in [-0.3, -0.25) is 0 Å². The van der Waals surface area contributed by atoms with Gasteiger partial charge in [-0.25, -0.2) is 0 Å².